The van der Waals surface area contributed by atoms with Gasteiger partial charge in [0.15, 0.2) is 0 Å². The highest BCUT2D eigenvalue weighted by Gasteiger charge is 2.33. The molecule has 0 fully saturated rings. The summed E-state index contributed by atoms with van der Waals surface area (Å²) >= 11 is 0. The average Bonchev–Trinajstić information content (AvgIpc) is 2.62. The highest BCUT2D eigenvalue weighted by Crippen LogP contribution is 2.39. The summed E-state index contributed by atoms with van der Waals surface area (Å²) in [5, 5.41) is 0. The normalized spacial score (nSPS) is 16.3. The van der Waals surface area contributed by atoms with Crippen LogP contribution in [0.3, 0.4) is 0 Å². The zero-order valence-corrected chi connectivity index (χ0v) is 12.2. The lowest BCUT2D eigenvalue weighted by Crippen LogP contribution is -2.24. The van der Waals surface area contributed by atoms with E-state index >= 15 is 0 Å². The van der Waals surface area contributed by atoms with Gasteiger partial charge in [-0.25, -0.2) is 4.39 Å². The van der Waals surface area contributed by atoms with Crippen LogP contribution in [0.2, 0.25) is 0 Å². The molecule has 2 aromatic rings. The van der Waals surface area contributed by atoms with E-state index in [0.29, 0.717) is 12.0 Å². The number of benzene rings is 1. The first-order chi connectivity index (χ1) is 9.47. The zero-order chi connectivity index (χ0) is 14.3. The molecule has 0 unspecified atom stereocenters. The molecule has 1 aliphatic rings. The van der Waals surface area contributed by atoms with Crippen LogP contribution in [-0.2, 0) is 11.8 Å². The number of aromatic nitrogens is 1. The fourth-order valence-corrected chi connectivity index (χ4v) is 3.02. The third-order valence-corrected chi connectivity index (χ3v) is 4.04. The molecule has 0 atom stereocenters. The van der Waals surface area contributed by atoms with Crippen molar-refractivity contribution >= 4 is 5.69 Å². The van der Waals surface area contributed by atoms with Crippen molar-refractivity contribution in [3.05, 3.63) is 59.2 Å². The Bertz CT molecular complexity index is 649. The van der Waals surface area contributed by atoms with Crippen molar-refractivity contribution in [2.24, 2.45) is 0 Å². The second kappa shape index (κ2) is 4.58. The Kier molecular flexibility index (Phi) is 3.00. The number of hydrogen-bond donors (Lipinski definition) is 0. The molecule has 0 radical (unpaired) electrons. The summed E-state index contributed by atoms with van der Waals surface area (Å²) in [5.41, 5.74) is 4.24. The lowest BCUT2D eigenvalue weighted by atomic mass is 9.88. The van der Waals surface area contributed by atoms with Crippen LogP contribution in [0.15, 0.2) is 36.5 Å². The number of nitrogens with zero attached hydrogens (tertiary/aromatic N) is 2. The first kappa shape index (κ1) is 13.1. The molecule has 2 nitrogen and oxygen atoms in total. The number of likely N-dealkylation sites (N-methyl/N-ethyl adjacent to an activating group) is 1. The number of fused-ring (bicyclic) bond motifs is 1. The fourth-order valence-electron chi connectivity index (χ4n) is 3.02. The van der Waals surface area contributed by atoms with E-state index in [1.807, 2.05) is 18.3 Å². The summed E-state index contributed by atoms with van der Waals surface area (Å²) in [6.07, 6.45) is 2.49. The Balaban J connectivity index is 1.95. The molecule has 2 heterocycles. The first-order valence-electron chi connectivity index (χ1n) is 6.91. The Morgan fingerprint density at radius 1 is 1.30 bits per heavy atom. The molecular weight excluding hydrogens is 251 g/mol. The van der Waals surface area contributed by atoms with E-state index in [9.17, 15) is 4.39 Å². The Morgan fingerprint density at radius 3 is 2.80 bits per heavy atom. The minimum absolute atomic E-state index is 0.133. The number of anilines is 1. The minimum atomic E-state index is -0.163. The van der Waals surface area contributed by atoms with Crippen molar-refractivity contribution in [2.75, 3.05) is 18.5 Å². The van der Waals surface area contributed by atoms with E-state index in [2.05, 4.69) is 36.8 Å². The monoisotopic (exact) mass is 270 g/mol. The standard InChI is InChI=1S/C17H19FN2/c1-17(2)11-20(3)16-9-13(19-10-14(16)17)8-12-6-4-5-7-15(12)18/h4-7,9-10H,8,11H2,1-3H3. The van der Waals surface area contributed by atoms with Crippen LogP contribution >= 0.6 is 0 Å². The Morgan fingerprint density at radius 2 is 2.05 bits per heavy atom. The largest absolute Gasteiger partial charge is 0.373 e. The van der Waals surface area contributed by atoms with Crippen molar-refractivity contribution in [3.63, 3.8) is 0 Å². The minimum Gasteiger partial charge on any atom is -0.373 e. The van der Waals surface area contributed by atoms with Crippen LogP contribution < -0.4 is 4.90 Å². The summed E-state index contributed by atoms with van der Waals surface area (Å²) in [4.78, 5) is 6.78. The second-order valence-corrected chi connectivity index (χ2v) is 6.20. The quantitative estimate of drug-likeness (QED) is 0.829. The van der Waals surface area contributed by atoms with Crippen molar-refractivity contribution in [3.8, 4) is 0 Å². The SMILES string of the molecule is CN1CC(C)(C)c2cnc(Cc3ccccc3F)cc21. The van der Waals surface area contributed by atoms with Crippen LogP contribution in [0.5, 0.6) is 0 Å². The predicted octanol–water partition coefficient (Wildman–Crippen LogP) is 3.54. The van der Waals surface area contributed by atoms with Crippen LogP contribution in [0, 0.1) is 5.82 Å². The van der Waals surface area contributed by atoms with Crippen molar-refractivity contribution in [1.29, 1.82) is 0 Å². The second-order valence-electron chi connectivity index (χ2n) is 6.20. The number of hydrogen-bond acceptors (Lipinski definition) is 2. The smallest absolute Gasteiger partial charge is 0.126 e. The maximum atomic E-state index is 13.7. The van der Waals surface area contributed by atoms with E-state index in [1.54, 1.807) is 6.07 Å². The van der Waals surface area contributed by atoms with Gasteiger partial charge in [-0.15, -0.1) is 0 Å². The highest BCUT2D eigenvalue weighted by molar-refractivity contribution is 5.61. The Labute approximate surface area is 119 Å². The van der Waals surface area contributed by atoms with Crippen LogP contribution in [0.1, 0.15) is 30.7 Å². The van der Waals surface area contributed by atoms with Crippen LogP contribution in [0.25, 0.3) is 0 Å². The molecule has 1 aromatic heterocycles. The van der Waals surface area contributed by atoms with Gasteiger partial charge in [0.05, 0.1) is 0 Å². The molecular formula is C17H19FN2. The molecule has 20 heavy (non-hydrogen) atoms. The first-order valence-corrected chi connectivity index (χ1v) is 6.91. The molecule has 3 heteroatoms. The summed E-state index contributed by atoms with van der Waals surface area (Å²) in [6, 6.07) is 8.98. The van der Waals surface area contributed by atoms with Crippen LogP contribution in [-0.4, -0.2) is 18.6 Å². The van der Waals surface area contributed by atoms with Gasteiger partial charge in [0.25, 0.3) is 0 Å². The molecule has 104 valence electrons. The Hall–Kier alpha value is -1.90. The van der Waals surface area contributed by atoms with Gasteiger partial charge in [-0.3, -0.25) is 4.98 Å². The fraction of sp³-hybridized carbons (Fsp3) is 0.353. The third-order valence-electron chi connectivity index (χ3n) is 4.04. The number of halogens is 1. The molecule has 0 aliphatic carbocycles. The van der Waals surface area contributed by atoms with Gasteiger partial charge in [-0.1, -0.05) is 32.0 Å². The van der Waals surface area contributed by atoms with Gasteiger partial charge >= 0.3 is 0 Å². The molecule has 3 rings (SSSR count). The maximum absolute atomic E-state index is 13.7. The lowest BCUT2D eigenvalue weighted by molar-refractivity contribution is 0.561. The van der Waals surface area contributed by atoms with Crippen molar-refractivity contribution in [2.45, 2.75) is 25.7 Å². The van der Waals surface area contributed by atoms with E-state index in [-0.39, 0.29) is 11.2 Å². The molecule has 1 aliphatic heterocycles. The molecule has 0 amide bonds. The molecule has 0 bridgehead atoms. The topological polar surface area (TPSA) is 16.1 Å². The summed E-state index contributed by atoms with van der Waals surface area (Å²) < 4.78 is 13.7. The zero-order valence-electron chi connectivity index (χ0n) is 12.2. The van der Waals surface area contributed by atoms with Gasteiger partial charge < -0.3 is 4.90 Å². The summed E-state index contributed by atoms with van der Waals surface area (Å²) in [7, 11) is 2.10. The van der Waals surface area contributed by atoms with Crippen LogP contribution in [0.4, 0.5) is 10.1 Å². The molecule has 0 spiro atoms. The van der Waals surface area contributed by atoms with Gasteiger partial charge in [0.1, 0.15) is 5.82 Å². The van der Waals surface area contributed by atoms with Crippen molar-refractivity contribution in [1.82, 2.24) is 4.98 Å². The highest BCUT2D eigenvalue weighted by atomic mass is 19.1. The average molecular weight is 270 g/mol. The lowest BCUT2D eigenvalue weighted by Gasteiger charge is -2.18. The van der Waals surface area contributed by atoms with Crippen molar-refractivity contribution < 1.29 is 4.39 Å². The molecule has 0 saturated carbocycles. The molecule has 1 aromatic carbocycles. The van der Waals surface area contributed by atoms with E-state index in [4.69, 9.17) is 0 Å². The van der Waals surface area contributed by atoms with Gasteiger partial charge in [0.2, 0.25) is 0 Å². The van der Waals surface area contributed by atoms with E-state index in [0.717, 1.165) is 12.2 Å². The predicted molar refractivity (Wildman–Crippen MR) is 79.7 cm³/mol. The molecule has 0 saturated heterocycles. The summed E-state index contributed by atoms with van der Waals surface area (Å²) in [6.45, 7) is 5.45. The maximum Gasteiger partial charge on any atom is 0.126 e. The molecule has 0 N–H and O–H groups in total. The van der Waals surface area contributed by atoms with Gasteiger partial charge in [0, 0.05) is 48.6 Å². The van der Waals surface area contributed by atoms with Gasteiger partial charge in [-0.2, -0.15) is 0 Å². The van der Waals surface area contributed by atoms with E-state index in [1.165, 1.54) is 17.3 Å². The number of rotatable bonds is 2. The number of pyridine rings is 1. The summed E-state index contributed by atoms with van der Waals surface area (Å²) in [5.74, 6) is -0.163. The van der Waals surface area contributed by atoms with E-state index < -0.39 is 0 Å². The third kappa shape index (κ3) is 2.17. The van der Waals surface area contributed by atoms with Gasteiger partial charge in [-0.05, 0) is 17.7 Å².